The fraction of sp³-hybridized carbons (Fsp3) is 0.444. The van der Waals surface area contributed by atoms with E-state index in [1.165, 1.54) is 16.7 Å². The van der Waals surface area contributed by atoms with Gasteiger partial charge in [0.25, 0.3) is 0 Å². The van der Waals surface area contributed by atoms with Gasteiger partial charge >= 0.3 is 0 Å². The molecular weight excluding hydrogens is 258 g/mol. The van der Waals surface area contributed by atoms with Gasteiger partial charge in [-0.2, -0.15) is 0 Å². The molecule has 0 fully saturated rings. The monoisotopic (exact) mass is 283 g/mol. The maximum Gasteiger partial charge on any atom is 0.162 e. The molecule has 0 spiro atoms. The molecule has 0 bridgehead atoms. The molecule has 112 valence electrons. The molecule has 2 rings (SSSR count). The first-order valence-electron chi connectivity index (χ1n) is 7.64. The Labute approximate surface area is 127 Å². The minimum atomic E-state index is 0.408. The van der Waals surface area contributed by atoms with Crippen LogP contribution >= 0.6 is 0 Å². The van der Waals surface area contributed by atoms with E-state index in [2.05, 4.69) is 65.1 Å². The number of hydrogen-bond acceptors (Lipinski definition) is 3. The van der Waals surface area contributed by atoms with Gasteiger partial charge in [0.1, 0.15) is 5.82 Å². The Bertz CT molecular complexity index is 625. The molecule has 0 radical (unpaired) electrons. The number of aryl methyl sites for hydroxylation is 3. The van der Waals surface area contributed by atoms with Gasteiger partial charge < -0.3 is 5.32 Å². The van der Waals surface area contributed by atoms with Crippen molar-refractivity contribution in [2.24, 2.45) is 0 Å². The van der Waals surface area contributed by atoms with Gasteiger partial charge in [-0.05, 0) is 44.7 Å². The number of nitrogens with one attached hydrogen (secondary N) is 1. The lowest BCUT2D eigenvalue weighted by Gasteiger charge is -2.18. The molecule has 0 aliphatic rings. The number of rotatable bonds is 4. The summed E-state index contributed by atoms with van der Waals surface area (Å²) in [6.45, 7) is 13.6. The minimum Gasteiger partial charge on any atom is -0.370 e. The second kappa shape index (κ2) is 6.25. The van der Waals surface area contributed by atoms with Gasteiger partial charge in [0.2, 0.25) is 0 Å². The maximum atomic E-state index is 4.81. The summed E-state index contributed by atoms with van der Waals surface area (Å²) in [4.78, 5) is 9.59. The standard InChI is InChI=1S/C18H25N3/c1-7-19-17-15(11(2)3)14(6)20-18(21-17)16-12(4)9-8-10-13(16)5/h8-11H,7H2,1-6H3,(H,19,20,21). The number of aromatic nitrogens is 2. The summed E-state index contributed by atoms with van der Waals surface area (Å²) in [5, 5.41) is 3.40. The zero-order valence-electron chi connectivity index (χ0n) is 13.9. The first-order valence-corrected chi connectivity index (χ1v) is 7.64. The van der Waals surface area contributed by atoms with E-state index in [4.69, 9.17) is 9.97 Å². The van der Waals surface area contributed by atoms with Crippen LogP contribution < -0.4 is 5.32 Å². The summed E-state index contributed by atoms with van der Waals surface area (Å²) in [7, 11) is 0. The van der Waals surface area contributed by atoms with E-state index in [-0.39, 0.29) is 0 Å². The number of nitrogens with zero attached hydrogens (tertiary/aromatic N) is 2. The Hall–Kier alpha value is -1.90. The van der Waals surface area contributed by atoms with Crippen LogP contribution in [0.3, 0.4) is 0 Å². The van der Waals surface area contributed by atoms with Gasteiger partial charge in [0.15, 0.2) is 5.82 Å². The SMILES string of the molecule is CCNc1nc(-c2c(C)cccc2C)nc(C)c1C(C)C. The van der Waals surface area contributed by atoms with Crippen LogP contribution in [0.15, 0.2) is 18.2 Å². The van der Waals surface area contributed by atoms with E-state index in [1.807, 2.05) is 0 Å². The highest BCUT2D eigenvalue weighted by molar-refractivity contribution is 5.67. The van der Waals surface area contributed by atoms with Crippen molar-refractivity contribution in [1.82, 2.24) is 9.97 Å². The van der Waals surface area contributed by atoms with Gasteiger partial charge in [0.05, 0.1) is 0 Å². The number of benzene rings is 1. The molecule has 0 amide bonds. The van der Waals surface area contributed by atoms with Gasteiger partial charge in [-0.15, -0.1) is 0 Å². The third-order valence-corrected chi connectivity index (χ3v) is 3.76. The molecule has 0 aliphatic heterocycles. The van der Waals surface area contributed by atoms with Gasteiger partial charge in [-0.3, -0.25) is 0 Å². The van der Waals surface area contributed by atoms with E-state index in [1.54, 1.807) is 0 Å². The Morgan fingerprint density at radius 2 is 1.67 bits per heavy atom. The number of anilines is 1. The quantitative estimate of drug-likeness (QED) is 0.889. The lowest BCUT2D eigenvalue weighted by atomic mass is 9.99. The van der Waals surface area contributed by atoms with Gasteiger partial charge in [-0.25, -0.2) is 9.97 Å². The Balaban J connectivity index is 2.66. The molecular formula is C18H25N3. The summed E-state index contributed by atoms with van der Waals surface area (Å²) in [5.41, 5.74) is 5.86. The molecule has 0 unspecified atom stereocenters. The Morgan fingerprint density at radius 3 is 2.19 bits per heavy atom. The smallest absolute Gasteiger partial charge is 0.162 e. The molecule has 1 heterocycles. The van der Waals surface area contributed by atoms with Crippen LogP contribution in [0.4, 0.5) is 5.82 Å². The summed E-state index contributed by atoms with van der Waals surface area (Å²) >= 11 is 0. The number of hydrogen-bond donors (Lipinski definition) is 1. The predicted octanol–water partition coefficient (Wildman–Crippen LogP) is 4.62. The minimum absolute atomic E-state index is 0.408. The second-order valence-electron chi connectivity index (χ2n) is 5.85. The third kappa shape index (κ3) is 3.07. The van der Waals surface area contributed by atoms with E-state index in [0.717, 1.165) is 29.4 Å². The molecule has 1 N–H and O–H groups in total. The first-order chi connectivity index (χ1) is 9.95. The largest absolute Gasteiger partial charge is 0.370 e. The summed E-state index contributed by atoms with van der Waals surface area (Å²) in [6.07, 6.45) is 0. The average Bonchev–Trinajstić information content (AvgIpc) is 2.37. The van der Waals surface area contributed by atoms with Crippen molar-refractivity contribution in [2.45, 2.75) is 47.5 Å². The fourth-order valence-electron chi connectivity index (χ4n) is 2.85. The average molecular weight is 283 g/mol. The Morgan fingerprint density at radius 1 is 1.05 bits per heavy atom. The predicted molar refractivity (Wildman–Crippen MR) is 89.9 cm³/mol. The van der Waals surface area contributed by atoms with E-state index < -0.39 is 0 Å². The van der Waals surface area contributed by atoms with E-state index in [9.17, 15) is 0 Å². The van der Waals surface area contributed by atoms with Crippen LogP contribution in [0.25, 0.3) is 11.4 Å². The summed E-state index contributed by atoms with van der Waals surface area (Å²) in [6, 6.07) is 6.31. The van der Waals surface area contributed by atoms with Crippen molar-refractivity contribution in [1.29, 1.82) is 0 Å². The molecule has 0 atom stereocenters. The lowest BCUT2D eigenvalue weighted by Crippen LogP contribution is -2.10. The molecule has 3 nitrogen and oxygen atoms in total. The third-order valence-electron chi connectivity index (χ3n) is 3.76. The summed E-state index contributed by atoms with van der Waals surface area (Å²) < 4.78 is 0. The normalized spacial score (nSPS) is 11.0. The van der Waals surface area contributed by atoms with Crippen molar-refractivity contribution < 1.29 is 0 Å². The van der Waals surface area contributed by atoms with E-state index in [0.29, 0.717) is 5.92 Å². The highest BCUT2D eigenvalue weighted by Gasteiger charge is 2.17. The zero-order valence-corrected chi connectivity index (χ0v) is 13.9. The van der Waals surface area contributed by atoms with Crippen LogP contribution in [-0.4, -0.2) is 16.5 Å². The van der Waals surface area contributed by atoms with Crippen LogP contribution in [-0.2, 0) is 0 Å². The van der Waals surface area contributed by atoms with Gasteiger partial charge in [0, 0.05) is 23.4 Å². The topological polar surface area (TPSA) is 37.8 Å². The molecule has 21 heavy (non-hydrogen) atoms. The highest BCUT2D eigenvalue weighted by Crippen LogP contribution is 2.30. The van der Waals surface area contributed by atoms with Crippen molar-refractivity contribution in [3.63, 3.8) is 0 Å². The lowest BCUT2D eigenvalue weighted by molar-refractivity contribution is 0.831. The summed E-state index contributed by atoms with van der Waals surface area (Å²) in [5.74, 6) is 2.20. The van der Waals surface area contributed by atoms with Crippen molar-refractivity contribution in [3.05, 3.63) is 40.6 Å². The van der Waals surface area contributed by atoms with Crippen molar-refractivity contribution in [2.75, 3.05) is 11.9 Å². The molecule has 2 aromatic rings. The zero-order chi connectivity index (χ0) is 15.6. The van der Waals surface area contributed by atoms with Crippen molar-refractivity contribution >= 4 is 5.82 Å². The second-order valence-corrected chi connectivity index (χ2v) is 5.85. The van der Waals surface area contributed by atoms with Crippen LogP contribution in [0, 0.1) is 20.8 Å². The molecule has 0 aliphatic carbocycles. The van der Waals surface area contributed by atoms with Crippen LogP contribution in [0.2, 0.25) is 0 Å². The first kappa shape index (κ1) is 15.5. The van der Waals surface area contributed by atoms with E-state index >= 15 is 0 Å². The van der Waals surface area contributed by atoms with Gasteiger partial charge in [-0.1, -0.05) is 32.0 Å². The molecule has 1 aromatic heterocycles. The Kier molecular flexibility index (Phi) is 4.61. The maximum absolute atomic E-state index is 4.81. The molecule has 1 aromatic carbocycles. The van der Waals surface area contributed by atoms with Crippen LogP contribution in [0.1, 0.15) is 49.1 Å². The highest BCUT2D eigenvalue weighted by atomic mass is 15.0. The van der Waals surface area contributed by atoms with Crippen LogP contribution in [0.5, 0.6) is 0 Å². The molecule has 3 heteroatoms. The molecule has 0 saturated heterocycles. The molecule has 0 saturated carbocycles. The van der Waals surface area contributed by atoms with Crippen molar-refractivity contribution in [3.8, 4) is 11.4 Å². The fourth-order valence-corrected chi connectivity index (χ4v) is 2.85.